The quantitative estimate of drug-likeness (QED) is 0.456. The van der Waals surface area contributed by atoms with Gasteiger partial charge in [-0.2, -0.15) is 5.26 Å². The van der Waals surface area contributed by atoms with Crippen LogP contribution in [0, 0.1) is 11.5 Å². The van der Waals surface area contributed by atoms with E-state index < -0.39 is 11.6 Å². The van der Waals surface area contributed by atoms with E-state index in [0.717, 1.165) is 31.2 Å². The molecule has 1 unspecified atom stereocenters. The van der Waals surface area contributed by atoms with Crippen LogP contribution in [0.1, 0.15) is 77.3 Å². The SMILES string of the molecule is CO[C@H]1C[C@H](C(=O)N(c2ccc(C(C)(C)C)cc2)C(C)(C(=O)N(C)C2CCCCC2)c2cccnc2)N(C#N)C1. The Labute approximate surface area is 238 Å². The van der Waals surface area contributed by atoms with Crippen molar-refractivity contribution < 1.29 is 14.3 Å². The van der Waals surface area contributed by atoms with Gasteiger partial charge >= 0.3 is 0 Å². The minimum atomic E-state index is -1.40. The Kier molecular flexibility index (Phi) is 8.84. The summed E-state index contributed by atoms with van der Waals surface area (Å²) in [5.74, 6) is -0.466. The summed E-state index contributed by atoms with van der Waals surface area (Å²) in [6.07, 6.45) is 10.9. The zero-order valence-corrected chi connectivity index (χ0v) is 24.8. The smallest absolute Gasteiger partial charge is 0.253 e. The highest BCUT2D eigenvalue weighted by Gasteiger charge is 2.51. The first-order chi connectivity index (χ1) is 19.0. The molecule has 2 aliphatic rings. The number of likely N-dealkylation sites (N-methyl/N-ethyl adjacent to an activating group) is 1. The van der Waals surface area contributed by atoms with Gasteiger partial charge in [-0.3, -0.25) is 24.4 Å². The van der Waals surface area contributed by atoms with Gasteiger partial charge in [0.1, 0.15) is 6.04 Å². The first kappa shape index (κ1) is 29.5. The molecule has 0 radical (unpaired) electrons. The highest BCUT2D eigenvalue weighted by atomic mass is 16.5. The molecule has 214 valence electrons. The number of carbonyl (C=O) groups excluding carboxylic acids is 2. The summed E-state index contributed by atoms with van der Waals surface area (Å²) in [7, 11) is 3.45. The molecule has 2 heterocycles. The third kappa shape index (κ3) is 5.71. The van der Waals surface area contributed by atoms with Crippen LogP contribution in [-0.2, 0) is 25.3 Å². The molecule has 1 saturated carbocycles. The molecular weight excluding hydrogens is 502 g/mol. The third-order valence-corrected chi connectivity index (χ3v) is 8.75. The lowest BCUT2D eigenvalue weighted by Gasteiger charge is -2.45. The van der Waals surface area contributed by atoms with Crippen molar-refractivity contribution >= 4 is 17.5 Å². The Morgan fingerprint density at radius 3 is 2.27 bits per heavy atom. The number of ether oxygens (including phenoxy) is 1. The van der Waals surface area contributed by atoms with Gasteiger partial charge in [-0.1, -0.05) is 58.2 Å². The maximum atomic E-state index is 14.7. The lowest BCUT2D eigenvalue weighted by Crippen LogP contribution is -2.61. The number of amides is 2. The average molecular weight is 546 g/mol. The van der Waals surface area contributed by atoms with Crippen molar-refractivity contribution in [1.82, 2.24) is 14.8 Å². The Morgan fingerprint density at radius 2 is 1.73 bits per heavy atom. The van der Waals surface area contributed by atoms with Crippen LogP contribution in [0.4, 0.5) is 5.69 Å². The molecular formula is C32H43N5O3. The zero-order chi connectivity index (χ0) is 29.1. The van der Waals surface area contributed by atoms with E-state index in [1.165, 1.54) is 11.3 Å². The van der Waals surface area contributed by atoms with E-state index in [2.05, 4.69) is 31.9 Å². The van der Waals surface area contributed by atoms with Gasteiger partial charge in [-0.15, -0.1) is 0 Å². The van der Waals surface area contributed by atoms with Gasteiger partial charge in [0, 0.05) is 50.3 Å². The number of anilines is 1. The Bertz CT molecular complexity index is 1210. The number of pyridine rings is 1. The third-order valence-electron chi connectivity index (χ3n) is 8.75. The van der Waals surface area contributed by atoms with Crippen molar-refractivity contribution in [3.05, 3.63) is 59.9 Å². The van der Waals surface area contributed by atoms with E-state index in [-0.39, 0.29) is 29.4 Å². The fraction of sp³-hybridized carbons (Fsp3) is 0.562. The predicted molar refractivity (Wildman–Crippen MR) is 155 cm³/mol. The molecule has 1 aliphatic heterocycles. The Balaban J connectivity index is 1.88. The van der Waals surface area contributed by atoms with Gasteiger partial charge in [0.2, 0.25) is 0 Å². The van der Waals surface area contributed by atoms with E-state index >= 15 is 0 Å². The van der Waals surface area contributed by atoms with Gasteiger partial charge in [0.25, 0.3) is 11.8 Å². The number of nitriles is 1. The normalized spacial score (nSPS) is 21.4. The van der Waals surface area contributed by atoms with Gasteiger partial charge < -0.3 is 9.64 Å². The minimum Gasteiger partial charge on any atom is -0.379 e. The molecule has 0 N–H and O–H groups in total. The molecule has 3 atom stereocenters. The van der Waals surface area contributed by atoms with E-state index in [1.807, 2.05) is 49.2 Å². The van der Waals surface area contributed by atoms with Crippen LogP contribution in [0.15, 0.2) is 48.8 Å². The van der Waals surface area contributed by atoms with Crippen molar-refractivity contribution in [2.75, 3.05) is 25.6 Å². The highest BCUT2D eigenvalue weighted by Crippen LogP contribution is 2.39. The number of benzene rings is 1. The van der Waals surface area contributed by atoms with E-state index in [9.17, 15) is 14.9 Å². The molecule has 40 heavy (non-hydrogen) atoms. The second-order valence-corrected chi connectivity index (χ2v) is 12.4. The summed E-state index contributed by atoms with van der Waals surface area (Å²) < 4.78 is 5.55. The number of aromatic nitrogens is 1. The second kappa shape index (κ2) is 12.0. The van der Waals surface area contributed by atoms with Gasteiger partial charge in [0.15, 0.2) is 11.7 Å². The van der Waals surface area contributed by atoms with Crippen molar-refractivity contribution in [2.24, 2.45) is 0 Å². The van der Waals surface area contributed by atoms with Crippen molar-refractivity contribution in [3.8, 4) is 6.19 Å². The van der Waals surface area contributed by atoms with Crippen molar-refractivity contribution in [2.45, 2.75) is 95.4 Å². The van der Waals surface area contributed by atoms with Gasteiger partial charge in [0.05, 0.1) is 12.6 Å². The summed E-state index contributed by atoms with van der Waals surface area (Å²) >= 11 is 0. The Hall–Kier alpha value is -3.44. The lowest BCUT2D eigenvalue weighted by atomic mass is 9.84. The standard InChI is InChI=1S/C32H43N5O3/c1-31(2,3)23-14-16-26(17-15-23)37(29(38)28-19-27(40-6)21-36(28)22-33)32(4,24-11-10-18-34-20-24)30(39)35(5)25-12-8-7-9-13-25/h10-11,14-18,20,25,27-28H,7-9,12-13,19,21H2,1-6H3/t27-,28+,32?/m0/s1. The Morgan fingerprint density at radius 1 is 1.05 bits per heavy atom. The number of hydrogen-bond donors (Lipinski definition) is 0. The van der Waals surface area contributed by atoms with Crippen LogP contribution in [0.5, 0.6) is 0 Å². The molecule has 8 heteroatoms. The highest BCUT2D eigenvalue weighted by molar-refractivity contribution is 6.06. The van der Waals surface area contributed by atoms with Crippen molar-refractivity contribution in [3.63, 3.8) is 0 Å². The number of nitrogens with zero attached hydrogens (tertiary/aromatic N) is 5. The molecule has 0 bridgehead atoms. The fourth-order valence-electron chi connectivity index (χ4n) is 6.15. The predicted octanol–water partition coefficient (Wildman–Crippen LogP) is 4.99. The van der Waals surface area contributed by atoms with Crippen LogP contribution < -0.4 is 4.90 Å². The van der Waals surface area contributed by atoms with Gasteiger partial charge in [-0.05, 0) is 48.9 Å². The largest absolute Gasteiger partial charge is 0.379 e. The fourth-order valence-corrected chi connectivity index (χ4v) is 6.15. The van der Waals surface area contributed by atoms with Crippen LogP contribution >= 0.6 is 0 Å². The lowest BCUT2D eigenvalue weighted by molar-refractivity contribution is -0.141. The second-order valence-electron chi connectivity index (χ2n) is 12.4. The number of carbonyl (C=O) groups is 2. The first-order valence-electron chi connectivity index (χ1n) is 14.3. The van der Waals surface area contributed by atoms with Crippen LogP contribution in [0.25, 0.3) is 0 Å². The maximum absolute atomic E-state index is 14.7. The molecule has 1 aromatic heterocycles. The number of methoxy groups -OCH3 is 1. The molecule has 8 nitrogen and oxygen atoms in total. The average Bonchev–Trinajstić information content (AvgIpc) is 3.41. The van der Waals surface area contributed by atoms with Crippen LogP contribution in [-0.4, -0.2) is 65.5 Å². The van der Waals surface area contributed by atoms with Crippen LogP contribution in [0.3, 0.4) is 0 Å². The molecule has 2 amide bonds. The van der Waals surface area contributed by atoms with Crippen molar-refractivity contribution in [1.29, 1.82) is 5.26 Å². The topological polar surface area (TPSA) is 89.8 Å². The minimum absolute atomic E-state index is 0.0776. The zero-order valence-electron chi connectivity index (χ0n) is 24.8. The van der Waals surface area contributed by atoms with Gasteiger partial charge in [-0.25, -0.2) is 0 Å². The summed E-state index contributed by atoms with van der Waals surface area (Å²) in [4.78, 5) is 38.6. The molecule has 0 spiro atoms. The molecule has 2 aromatic rings. The summed E-state index contributed by atoms with van der Waals surface area (Å²) in [5.41, 5.74) is 0.879. The molecule has 1 saturated heterocycles. The van der Waals surface area contributed by atoms with E-state index in [0.29, 0.717) is 24.2 Å². The first-order valence-corrected chi connectivity index (χ1v) is 14.3. The number of likely N-dealkylation sites (tertiary alicyclic amines) is 1. The maximum Gasteiger partial charge on any atom is 0.253 e. The number of rotatable bonds is 7. The van der Waals surface area contributed by atoms with E-state index in [4.69, 9.17) is 4.74 Å². The summed E-state index contributed by atoms with van der Waals surface area (Å²) in [6.45, 7) is 8.57. The van der Waals surface area contributed by atoms with Crippen LogP contribution in [0.2, 0.25) is 0 Å². The molecule has 4 rings (SSSR count). The number of hydrogen-bond acceptors (Lipinski definition) is 6. The summed E-state index contributed by atoms with van der Waals surface area (Å²) in [5, 5.41) is 9.93. The monoisotopic (exact) mass is 545 g/mol. The molecule has 1 aromatic carbocycles. The summed E-state index contributed by atoms with van der Waals surface area (Å²) in [6, 6.07) is 10.9. The molecule has 1 aliphatic carbocycles. The molecule has 2 fully saturated rings. The van der Waals surface area contributed by atoms with E-state index in [1.54, 1.807) is 30.5 Å².